The van der Waals surface area contributed by atoms with Crippen LogP contribution in [-0.2, 0) is 4.79 Å². The summed E-state index contributed by atoms with van der Waals surface area (Å²) < 4.78 is 0. The van der Waals surface area contributed by atoms with Gasteiger partial charge in [-0.2, -0.15) is 0 Å². The minimum absolute atomic E-state index is 0.256. The van der Waals surface area contributed by atoms with Crippen molar-refractivity contribution in [3.05, 3.63) is 0 Å². The van der Waals surface area contributed by atoms with E-state index in [0.717, 1.165) is 19.6 Å². The van der Waals surface area contributed by atoms with Gasteiger partial charge in [0.2, 0.25) is 5.91 Å². The van der Waals surface area contributed by atoms with Crippen molar-refractivity contribution in [2.75, 3.05) is 26.7 Å². The minimum Gasteiger partial charge on any atom is -0.345 e. The Bertz CT molecular complexity index is 244. The quantitative estimate of drug-likeness (QED) is 0.784. The van der Waals surface area contributed by atoms with Gasteiger partial charge in [-0.25, -0.2) is 0 Å². The van der Waals surface area contributed by atoms with Gasteiger partial charge in [0.1, 0.15) is 0 Å². The van der Waals surface area contributed by atoms with Gasteiger partial charge in [0.05, 0.1) is 0 Å². The van der Waals surface area contributed by atoms with E-state index in [1.165, 1.54) is 25.7 Å². The second-order valence-electron chi connectivity index (χ2n) is 5.54. The lowest BCUT2D eigenvalue weighted by molar-refractivity contribution is -0.135. The average molecular weight is 224 g/mol. The van der Waals surface area contributed by atoms with Crippen molar-refractivity contribution in [1.29, 1.82) is 0 Å². The summed E-state index contributed by atoms with van der Waals surface area (Å²) in [7, 11) is 1.98. The Hall–Kier alpha value is -0.570. The van der Waals surface area contributed by atoms with E-state index in [1.807, 2.05) is 11.9 Å². The van der Waals surface area contributed by atoms with Gasteiger partial charge in [0.15, 0.2) is 0 Å². The predicted octanol–water partition coefficient (Wildman–Crippen LogP) is 1.49. The summed E-state index contributed by atoms with van der Waals surface area (Å²) in [5.41, 5.74) is 0. The lowest BCUT2D eigenvalue weighted by atomic mass is 9.96. The van der Waals surface area contributed by atoms with Crippen LogP contribution in [0.25, 0.3) is 0 Å². The molecular weight excluding hydrogens is 200 g/mol. The van der Waals surface area contributed by atoms with Gasteiger partial charge in [0.25, 0.3) is 0 Å². The summed E-state index contributed by atoms with van der Waals surface area (Å²) in [4.78, 5) is 14.1. The third-order valence-corrected chi connectivity index (χ3v) is 4.09. The Morgan fingerprint density at radius 1 is 1.31 bits per heavy atom. The van der Waals surface area contributed by atoms with Crippen molar-refractivity contribution in [2.45, 2.75) is 32.6 Å². The van der Waals surface area contributed by atoms with E-state index in [2.05, 4.69) is 12.2 Å². The Balaban J connectivity index is 1.76. The molecule has 1 aliphatic heterocycles. The summed E-state index contributed by atoms with van der Waals surface area (Å²) in [6, 6.07) is 0. The number of piperidine rings is 1. The first-order valence-electron chi connectivity index (χ1n) is 6.64. The van der Waals surface area contributed by atoms with Crippen LogP contribution in [0.3, 0.4) is 0 Å². The minimum atomic E-state index is 0.256. The smallest absolute Gasteiger partial charge is 0.225 e. The Morgan fingerprint density at radius 2 is 1.94 bits per heavy atom. The number of nitrogens with zero attached hydrogens (tertiary/aromatic N) is 1. The van der Waals surface area contributed by atoms with Crippen molar-refractivity contribution in [3.63, 3.8) is 0 Å². The molecule has 16 heavy (non-hydrogen) atoms. The molecule has 0 aromatic rings. The second kappa shape index (κ2) is 5.17. The van der Waals surface area contributed by atoms with Crippen molar-refractivity contribution < 1.29 is 4.79 Å². The van der Waals surface area contributed by atoms with Crippen LogP contribution >= 0.6 is 0 Å². The molecular formula is C13H24N2O. The highest BCUT2D eigenvalue weighted by atomic mass is 16.2. The fraction of sp³-hybridized carbons (Fsp3) is 0.923. The van der Waals surface area contributed by atoms with Crippen LogP contribution in [0.1, 0.15) is 32.6 Å². The number of rotatable bonds is 4. The van der Waals surface area contributed by atoms with Crippen molar-refractivity contribution in [2.24, 2.45) is 17.8 Å². The molecule has 0 bridgehead atoms. The molecule has 1 unspecified atom stereocenters. The topological polar surface area (TPSA) is 32.3 Å². The SMILES string of the molecule is CC(C(=O)N(C)CC1CCNCC1)C1CC1. The van der Waals surface area contributed by atoms with E-state index >= 15 is 0 Å². The number of carbonyl (C=O) groups is 1. The van der Waals surface area contributed by atoms with Crippen LogP contribution in [-0.4, -0.2) is 37.5 Å². The molecule has 0 aromatic heterocycles. The molecule has 2 fully saturated rings. The normalized spacial score (nSPS) is 24.1. The fourth-order valence-electron chi connectivity index (χ4n) is 2.69. The van der Waals surface area contributed by atoms with Gasteiger partial charge in [-0.15, -0.1) is 0 Å². The lowest BCUT2D eigenvalue weighted by Crippen LogP contribution is -2.39. The number of carbonyl (C=O) groups excluding carboxylic acids is 1. The van der Waals surface area contributed by atoms with E-state index in [0.29, 0.717) is 17.7 Å². The maximum Gasteiger partial charge on any atom is 0.225 e. The molecule has 3 nitrogen and oxygen atoms in total. The van der Waals surface area contributed by atoms with E-state index in [4.69, 9.17) is 0 Å². The van der Waals surface area contributed by atoms with E-state index in [-0.39, 0.29) is 5.92 Å². The van der Waals surface area contributed by atoms with Crippen LogP contribution in [0.15, 0.2) is 0 Å². The average Bonchev–Trinajstić information content (AvgIpc) is 3.12. The van der Waals surface area contributed by atoms with Gasteiger partial charge >= 0.3 is 0 Å². The summed E-state index contributed by atoms with van der Waals surface area (Å²) >= 11 is 0. The van der Waals surface area contributed by atoms with Crippen molar-refractivity contribution in [3.8, 4) is 0 Å². The van der Waals surface area contributed by atoms with Crippen LogP contribution in [0.5, 0.6) is 0 Å². The van der Waals surface area contributed by atoms with Crippen LogP contribution in [0.2, 0.25) is 0 Å². The first kappa shape index (κ1) is 11.9. The molecule has 1 heterocycles. The Morgan fingerprint density at radius 3 is 2.50 bits per heavy atom. The highest BCUT2D eigenvalue weighted by molar-refractivity contribution is 5.78. The van der Waals surface area contributed by atoms with Crippen molar-refractivity contribution >= 4 is 5.91 Å². The van der Waals surface area contributed by atoms with Crippen LogP contribution in [0.4, 0.5) is 0 Å². The number of hydrogen-bond donors (Lipinski definition) is 1. The molecule has 3 heteroatoms. The molecule has 0 spiro atoms. The molecule has 1 saturated heterocycles. The molecule has 1 amide bonds. The highest BCUT2D eigenvalue weighted by Crippen LogP contribution is 2.37. The molecule has 1 atom stereocenters. The molecule has 1 N–H and O–H groups in total. The number of hydrogen-bond acceptors (Lipinski definition) is 2. The van der Waals surface area contributed by atoms with Crippen LogP contribution in [0, 0.1) is 17.8 Å². The number of amides is 1. The van der Waals surface area contributed by atoms with Crippen molar-refractivity contribution in [1.82, 2.24) is 10.2 Å². The third-order valence-electron chi connectivity index (χ3n) is 4.09. The zero-order chi connectivity index (χ0) is 11.5. The maximum absolute atomic E-state index is 12.1. The largest absolute Gasteiger partial charge is 0.345 e. The van der Waals surface area contributed by atoms with Gasteiger partial charge in [-0.3, -0.25) is 4.79 Å². The lowest BCUT2D eigenvalue weighted by Gasteiger charge is -2.29. The molecule has 1 saturated carbocycles. The highest BCUT2D eigenvalue weighted by Gasteiger charge is 2.34. The molecule has 2 aliphatic rings. The summed E-state index contributed by atoms with van der Waals surface area (Å²) in [6.45, 7) is 5.28. The fourth-order valence-corrected chi connectivity index (χ4v) is 2.69. The monoisotopic (exact) mass is 224 g/mol. The predicted molar refractivity (Wildman–Crippen MR) is 65.1 cm³/mol. The molecule has 0 aromatic carbocycles. The van der Waals surface area contributed by atoms with Gasteiger partial charge in [-0.05, 0) is 50.6 Å². The van der Waals surface area contributed by atoms with Gasteiger partial charge in [0, 0.05) is 19.5 Å². The summed E-state index contributed by atoms with van der Waals surface area (Å²) in [6.07, 6.45) is 4.95. The second-order valence-corrected chi connectivity index (χ2v) is 5.54. The van der Waals surface area contributed by atoms with Gasteiger partial charge in [-0.1, -0.05) is 6.92 Å². The van der Waals surface area contributed by atoms with E-state index in [1.54, 1.807) is 0 Å². The maximum atomic E-state index is 12.1. The van der Waals surface area contributed by atoms with Crippen LogP contribution < -0.4 is 5.32 Å². The first-order chi connectivity index (χ1) is 7.68. The molecule has 0 radical (unpaired) electrons. The molecule has 92 valence electrons. The summed E-state index contributed by atoms with van der Waals surface area (Å²) in [5.74, 6) is 2.01. The standard InChI is InChI=1S/C13H24N2O/c1-10(12-3-4-12)13(16)15(2)9-11-5-7-14-8-6-11/h10-12,14H,3-9H2,1-2H3. The molecule has 1 aliphatic carbocycles. The summed E-state index contributed by atoms with van der Waals surface area (Å²) in [5, 5.41) is 3.36. The van der Waals surface area contributed by atoms with E-state index in [9.17, 15) is 4.79 Å². The zero-order valence-electron chi connectivity index (χ0n) is 10.5. The third kappa shape index (κ3) is 2.97. The molecule has 2 rings (SSSR count). The Labute approximate surface area is 98.6 Å². The first-order valence-corrected chi connectivity index (χ1v) is 6.64. The van der Waals surface area contributed by atoms with Gasteiger partial charge < -0.3 is 10.2 Å². The van der Waals surface area contributed by atoms with E-state index < -0.39 is 0 Å². The number of nitrogens with one attached hydrogen (secondary N) is 1. The zero-order valence-corrected chi connectivity index (χ0v) is 10.5. The Kier molecular flexibility index (Phi) is 3.85.